The Morgan fingerprint density at radius 1 is 0.926 bits per heavy atom. The highest BCUT2D eigenvalue weighted by atomic mass is 19.1. The van der Waals surface area contributed by atoms with Crippen LogP contribution in [0.3, 0.4) is 0 Å². The van der Waals surface area contributed by atoms with Crippen LogP contribution in [0.1, 0.15) is 11.1 Å². The van der Waals surface area contributed by atoms with Crippen LogP contribution in [-0.2, 0) is 13.0 Å². The van der Waals surface area contributed by atoms with Crippen LogP contribution in [0.2, 0.25) is 0 Å². The summed E-state index contributed by atoms with van der Waals surface area (Å²) in [5.74, 6) is 0.979. The monoisotopic (exact) mass is 361 g/mol. The van der Waals surface area contributed by atoms with Gasteiger partial charge in [0.15, 0.2) is 0 Å². The van der Waals surface area contributed by atoms with Gasteiger partial charge in [-0.05, 0) is 30.2 Å². The lowest BCUT2D eigenvalue weighted by molar-refractivity contribution is 0.613. The van der Waals surface area contributed by atoms with Crippen LogP contribution in [0.25, 0.3) is 10.9 Å². The Morgan fingerprint density at radius 2 is 1.78 bits per heavy atom. The average molecular weight is 361 g/mol. The second-order valence-electron chi connectivity index (χ2n) is 6.25. The van der Waals surface area contributed by atoms with E-state index >= 15 is 0 Å². The summed E-state index contributed by atoms with van der Waals surface area (Å²) in [4.78, 5) is 12.0. The van der Waals surface area contributed by atoms with Crippen molar-refractivity contribution < 1.29 is 4.39 Å². The third kappa shape index (κ3) is 4.06. The van der Waals surface area contributed by atoms with Crippen LogP contribution >= 0.6 is 0 Å². The quantitative estimate of drug-likeness (QED) is 0.457. The predicted molar refractivity (Wildman–Crippen MR) is 106 cm³/mol. The minimum Gasteiger partial charge on any atom is -0.366 e. The topological polar surface area (TPSA) is 65.6 Å². The molecule has 6 heteroatoms. The number of hydrogen-bond donors (Lipinski definition) is 3. The molecule has 3 N–H and O–H groups in total. The van der Waals surface area contributed by atoms with Crippen molar-refractivity contribution in [1.82, 2.24) is 15.0 Å². The largest absolute Gasteiger partial charge is 0.366 e. The standard InChI is InChI=1S/C21H20FN5/c22-18-7-3-1-5-16(18)14-26-20-10-12-24-21(27-20)23-11-9-15-13-25-19-8-4-2-6-17(15)19/h1-8,10,12-13,25H,9,11,14H2,(H2,23,24,26,27). The van der Waals surface area contributed by atoms with Crippen LogP contribution in [0.5, 0.6) is 0 Å². The summed E-state index contributed by atoms with van der Waals surface area (Å²) in [5, 5.41) is 7.62. The molecule has 0 saturated carbocycles. The Bertz CT molecular complexity index is 1040. The molecular weight excluding hydrogens is 341 g/mol. The number of nitrogens with zero attached hydrogens (tertiary/aromatic N) is 2. The average Bonchev–Trinajstić information content (AvgIpc) is 3.11. The Kier molecular flexibility index (Phi) is 4.96. The molecule has 27 heavy (non-hydrogen) atoms. The fourth-order valence-corrected chi connectivity index (χ4v) is 3.02. The van der Waals surface area contributed by atoms with Gasteiger partial charge in [0.05, 0.1) is 0 Å². The minimum atomic E-state index is -0.226. The summed E-state index contributed by atoms with van der Waals surface area (Å²) in [6.07, 6.45) is 4.59. The molecule has 4 rings (SSSR count). The Labute approximate surface area is 156 Å². The molecule has 5 nitrogen and oxygen atoms in total. The fraction of sp³-hybridized carbons (Fsp3) is 0.143. The Hall–Kier alpha value is -3.41. The van der Waals surface area contributed by atoms with Crippen LogP contribution in [-0.4, -0.2) is 21.5 Å². The van der Waals surface area contributed by atoms with E-state index in [9.17, 15) is 4.39 Å². The third-order valence-corrected chi connectivity index (χ3v) is 4.43. The zero-order valence-electron chi connectivity index (χ0n) is 14.7. The van der Waals surface area contributed by atoms with Gasteiger partial charge < -0.3 is 15.6 Å². The SMILES string of the molecule is Fc1ccccc1CNc1ccnc(NCCc2c[nH]c3ccccc23)n1. The van der Waals surface area contributed by atoms with E-state index in [1.807, 2.05) is 24.4 Å². The lowest BCUT2D eigenvalue weighted by Crippen LogP contribution is -2.09. The minimum absolute atomic E-state index is 0.226. The Morgan fingerprint density at radius 3 is 2.70 bits per heavy atom. The van der Waals surface area contributed by atoms with Gasteiger partial charge in [-0.2, -0.15) is 4.98 Å². The molecule has 0 aliphatic carbocycles. The molecule has 2 heterocycles. The lowest BCUT2D eigenvalue weighted by atomic mass is 10.1. The smallest absolute Gasteiger partial charge is 0.224 e. The Balaban J connectivity index is 1.34. The molecule has 0 bridgehead atoms. The van der Waals surface area contributed by atoms with Crippen LogP contribution in [0.4, 0.5) is 16.2 Å². The van der Waals surface area contributed by atoms with E-state index in [1.54, 1.807) is 24.4 Å². The number of para-hydroxylation sites is 1. The van der Waals surface area contributed by atoms with Gasteiger partial charge in [-0.3, -0.25) is 0 Å². The molecular formula is C21H20FN5. The number of nitrogens with one attached hydrogen (secondary N) is 3. The first-order chi connectivity index (χ1) is 13.3. The van der Waals surface area contributed by atoms with E-state index in [-0.39, 0.29) is 5.82 Å². The van der Waals surface area contributed by atoms with Gasteiger partial charge >= 0.3 is 0 Å². The highest BCUT2D eigenvalue weighted by Gasteiger charge is 2.05. The predicted octanol–water partition coefficient (Wildman–Crippen LogP) is 4.36. The number of rotatable bonds is 7. The molecule has 136 valence electrons. The van der Waals surface area contributed by atoms with Crippen molar-refractivity contribution in [1.29, 1.82) is 0 Å². The van der Waals surface area contributed by atoms with E-state index in [0.29, 0.717) is 23.9 Å². The summed E-state index contributed by atoms with van der Waals surface area (Å²) < 4.78 is 13.7. The zero-order chi connectivity index (χ0) is 18.5. The summed E-state index contributed by atoms with van der Waals surface area (Å²) >= 11 is 0. The van der Waals surface area contributed by atoms with Crippen molar-refractivity contribution in [2.24, 2.45) is 0 Å². The molecule has 0 radical (unpaired) electrons. The first-order valence-corrected chi connectivity index (χ1v) is 8.89. The maximum atomic E-state index is 13.7. The van der Waals surface area contributed by atoms with Gasteiger partial charge in [0, 0.05) is 41.9 Å². The zero-order valence-corrected chi connectivity index (χ0v) is 14.7. The number of benzene rings is 2. The maximum absolute atomic E-state index is 13.7. The number of fused-ring (bicyclic) bond motifs is 1. The summed E-state index contributed by atoms with van der Waals surface area (Å²) in [7, 11) is 0. The third-order valence-electron chi connectivity index (χ3n) is 4.43. The second kappa shape index (κ2) is 7.86. The van der Waals surface area contributed by atoms with Crippen molar-refractivity contribution in [3.8, 4) is 0 Å². The normalized spacial score (nSPS) is 10.9. The molecule has 2 aromatic carbocycles. The highest BCUT2D eigenvalue weighted by molar-refractivity contribution is 5.83. The number of anilines is 2. The highest BCUT2D eigenvalue weighted by Crippen LogP contribution is 2.18. The van der Waals surface area contributed by atoms with E-state index in [2.05, 4.69) is 37.7 Å². The van der Waals surface area contributed by atoms with Crippen molar-refractivity contribution >= 4 is 22.7 Å². The van der Waals surface area contributed by atoms with Gasteiger partial charge in [-0.1, -0.05) is 36.4 Å². The molecule has 0 saturated heterocycles. The van der Waals surface area contributed by atoms with E-state index in [1.165, 1.54) is 17.0 Å². The van der Waals surface area contributed by atoms with Gasteiger partial charge in [0.1, 0.15) is 11.6 Å². The van der Waals surface area contributed by atoms with Crippen LogP contribution in [0.15, 0.2) is 67.0 Å². The first kappa shape index (κ1) is 17.0. The van der Waals surface area contributed by atoms with Crippen molar-refractivity contribution in [2.45, 2.75) is 13.0 Å². The molecule has 4 aromatic rings. The summed E-state index contributed by atoms with van der Waals surface area (Å²) in [6, 6.07) is 16.7. The number of H-pyrrole nitrogens is 1. The van der Waals surface area contributed by atoms with Gasteiger partial charge in [-0.25, -0.2) is 9.37 Å². The van der Waals surface area contributed by atoms with Gasteiger partial charge in [0.2, 0.25) is 5.95 Å². The number of aromatic amines is 1. The first-order valence-electron chi connectivity index (χ1n) is 8.89. The second-order valence-corrected chi connectivity index (χ2v) is 6.25. The molecule has 0 atom stereocenters. The number of aromatic nitrogens is 3. The van der Waals surface area contributed by atoms with Crippen molar-refractivity contribution in [3.05, 3.63) is 83.9 Å². The summed E-state index contributed by atoms with van der Waals surface area (Å²) in [6.45, 7) is 1.09. The lowest BCUT2D eigenvalue weighted by Gasteiger charge is -2.09. The molecule has 0 unspecified atom stereocenters. The van der Waals surface area contributed by atoms with E-state index < -0.39 is 0 Å². The van der Waals surface area contributed by atoms with Crippen molar-refractivity contribution in [3.63, 3.8) is 0 Å². The van der Waals surface area contributed by atoms with E-state index in [4.69, 9.17) is 0 Å². The number of halogens is 1. The molecule has 0 spiro atoms. The summed E-state index contributed by atoms with van der Waals surface area (Å²) in [5.41, 5.74) is 3.00. The molecule has 2 aromatic heterocycles. The molecule has 0 fully saturated rings. The molecule has 0 amide bonds. The maximum Gasteiger partial charge on any atom is 0.224 e. The van der Waals surface area contributed by atoms with Gasteiger partial charge in [-0.15, -0.1) is 0 Å². The van der Waals surface area contributed by atoms with Gasteiger partial charge in [0.25, 0.3) is 0 Å². The van der Waals surface area contributed by atoms with E-state index in [0.717, 1.165) is 18.5 Å². The van der Waals surface area contributed by atoms with Crippen LogP contribution in [0, 0.1) is 5.82 Å². The molecule has 0 aliphatic rings. The van der Waals surface area contributed by atoms with Crippen molar-refractivity contribution in [2.75, 3.05) is 17.2 Å². The van der Waals surface area contributed by atoms with Crippen LogP contribution < -0.4 is 10.6 Å². The fourth-order valence-electron chi connectivity index (χ4n) is 3.02. The number of hydrogen-bond acceptors (Lipinski definition) is 4. The molecule has 0 aliphatic heterocycles.